The van der Waals surface area contributed by atoms with Gasteiger partial charge in [0.2, 0.25) is 0 Å². The van der Waals surface area contributed by atoms with Crippen molar-refractivity contribution >= 4 is 22.4 Å². The lowest BCUT2D eigenvalue weighted by Crippen LogP contribution is -2.27. The molecule has 0 aromatic heterocycles. The van der Waals surface area contributed by atoms with Crippen molar-refractivity contribution in [1.29, 1.82) is 0 Å². The van der Waals surface area contributed by atoms with Crippen LogP contribution in [0.4, 0.5) is 0 Å². The van der Waals surface area contributed by atoms with Crippen LogP contribution in [0.1, 0.15) is 13.3 Å². The van der Waals surface area contributed by atoms with Gasteiger partial charge in [-0.1, -0.05) is 17.7 Å². The van der Waals surface area contributed by atoms with E-state index in [9.17, 15) is 4.21 Å². The normalized spacial score (nSPS) is 16.6. The van der Waals surface area contributed by atoms with E-state index in [1.807, 2.05) is 6.08 Å². The third kappa shape index (κ3) is 8.24. The first-order chi connectivity index (χ1) is 5.66. The first-order valence-electron chi connectivity index (χ1n) is 3.95. The molecule has 0 amide bonds. The quantitative estimate of drug-likeness (QED) is 0.718. The summed E-state index contributed by atoms with van der Waals surface area (Å²) in [4.78, 5) is 0. The summed E-state index contributed by atoms with van der Waals surface area (Å²) in [7, 11) is -0.678. The lowest BCUT2D eigenvalue weighted by molar-refractivity contribution is 0.567. The first-order valence-corrected chi connectivity index (χ1v) is 6.11. The smallest absolute Gasteiger partial charge is 0.0246 e. The largest absolute Gasteiger partial charge is 0.311 e. The lowest BCUT2D eigenvalue weighted by Gasteiger charge is -2.10. The zero-order valence-corrected chi connectivity index (χ0v) is 9.12. The third-order valence-electron chi connectivity index (χ3n) is 1.51. The van der Waals surface area contributed by atoms with Crippen LogP contribution in [0, 0.1) is 0 Å². The molecule has 2 atom stereocenters. The molecule has 0 heterocycles. The second-order valence-corrected chi connectivity index (χ2v) is 4.54. The maximum absolute atomic E-state index is 10.7. The molecule has 12 heavy (non-hydrogen) atoms. The highest BCUT2D eigenvalue weighted by Crippen LogP contribution is 1.92. The number of hydrogen-bond acceptors (Lipinski definition) is 2. The second kappa shape index (κ2) is 7.77. The number of nitrogens with one attached hydrogen (secondary N) is 1. The van der Waals surface area contributed by atoms with Crippen molar-refractivity contribution in [3.05, 3.63) is 11.6 Å². The van der Waals surface area contributed by atoms with Gasteiger partial charge in [-0.15, -0.1) is 0 Å². The fraction of sp³-hybridized carbons (Fsp3) is 0.750. The van der Waals surface area contributed by atoms with Crippen molar-refractivity contribution in [3.63, 3.8) is 0 Å². The van der Waals surface area contributed by atoms with E-state index in [4.69, 9.17) is 11.6 Å². The molecule has 1 N–H and O–H groups in total. The van der Waals surface area contributed by atoms with Gasteiger partial charge in [0.1, 0.15) is 0 Å². The van der Waals surface area contributed by atoms with Gasteiger partial charge in [0.05, 0.1) is 0 Å². The maximum Gasteiger partial charge on any atom is 0.0246 e. The van der Waals surface area contributed by atoms with Crippen LogP contribution in [0.25, 0.3) is 0 Å². The standard InChI is InChI=1S/C8H16ClNOS/c1-8(4-7-12(2)11)10-6-3-5-9/h3,5,8,10H,4,6-7H2,1-2H3/b5-3+. The summed E-state index contributed by atoms with van der Waals surface area (Å²) >= 11 is 5.34. The van der Waals surface area contributed by atoms with Crippen LogP contribution in [-0.2, 0) is 10.8 Å². The van der Waals surface area contributed by atoms with E-state index in [2.05, 4.69) is 12.2 Å². The van der Waals surface area contributed by atoms with Gasteiger partial charge in [-0.2, -0.15) is 0 Å². The van der Waals surface area contributed by atoms with Crippen LogP contribution in [0.5, 0.6) is 0 Å². The molecule has 0 fully saturated rings. The Kier molecular flexibility index (Phi) is 7.86. The molecule has 0 aromatic carbocycles. The summed E-state index contributed by atoms with van der Waals surface area (Å²) in [6.07, 6.45) is 4.52. The average molecular weight is 210 g/mol. The molecule has 0 bridgehead atoms. The van der Waals surface area contributed by atoms with Gasteiger partial charge in [0, 0.05) is 40.9 Å². The van der Waals surface area contributed by atoms with E-state index in [0.717, 1.165) is 18.7 Å². The number of rotatable bonds is 6. The van der Waals surface area contributed by atoms with Crippen molar-refractivity contribution in [2.45, 2.75) is 19.4 Å². The first kappa shape index (κ1) is 12.1. The Morgan fingerprint density at radius 2 is 2.33 bits per heavy atom. The molecule has 2 unspecified atom stereocenters. The summed E-state index contributed by atoms with van der Waals surface area (Å²) in [6.45, 7) is 2.86. The highest BCUT2D eigenvalue weighted by atomic mass is 35.5. The van der Waals surface area contributed by atoms with Crippen molar-refractivity contribution in [2.24, 2.45) is 0 Å². The van der Waals surface area contributed by atoms with Gasteiger partial charge in [0.25, 0.3) is 0 Å². The minimum atomic E-state index is -0.678. The molecule has 4 heteroatoms. The molecule has 0 aliphatic rings. The van der Waals surface area contributed by atoms with Gasteiger partial charge in [-0.3, -0.25) is 4.21 Å². The Balaban J connectivity index is 3.33. The Labute approximate surface area is 81.8 Å². The predicted molar refractivity (Wildman–Crippen MR) is 56.0 cm³/mol. The van der Waals surface area contributed by atoms with Crippen molar-refractivity contribution in [1.82, 2.24) is 5.32 Å². The molecule has 0 saturated heterocycles. The molecule has 0 radical (unpaired) electrons. The van der Waals surface area contributed by atoms with Crippen LogP contribution in [-0.4, -0.2) is 28.8 Å². The van der Waals surface area contributed by atoms with Crippen molar-refractivity contribution in [2.75, 3.05) is 18.6 Å². The maximum atomic E-state index is 10.7. The van der Waals surface area contributed by atoms with Crippen molar-refractivity contribution in [3.8, 4) is 0 Å². The SMILES string of the molecule is CC(CCS(C)=O)NC/C=C/Cl. The van der Waals surface area contributed by atoms with E-state index in [-0.39, 0.29) is 0 Å². The fourth-order valence-corrected chi connectivity index (χ4v) is 1.53. The van der Waals surface area contributed by atoms with Gasteiger partial charge in [-0.25, -0.2) is 0 Å². The highest BCUT2D eigenvalue weighted by molar-refractivity contribution is 7.84. The summed E-state index contributed by atoms with van der Waals surface area (Å²) in [5.41, 5.74) is 1.50. The fourth-order valence-electron chi connectivity index (χ4n) is 0.759. The Morgan fingerprint density at radius 1 is 1.67 bits per heavy atom. The molecule has 0 saturated carbocycles. The second-order valence-electron chi connectivity index (χ2n) is 2.74. The van der Waals surface area contributed by atoms with Gasteiger partial charge < -0.3 is 5.32 Å². The van der Waals surface area contributed by atoms with Crippen LogP contribution < -0.4 is 5.32 Å². The Hall–Kier alpha value is 0.140. The highest BCUT2D eigenvalue weighted by Gasteiger charge is 2.00. The van der Waals surface area contributed by atoms with Crippen LogP contribution in [0.2, 0.25) is 0 Å². The van der Waals surface area contributed by atoms with Crippen LogP contribution in [0.3, 0.4) is 0 Å². The summed E-state index contributed by atoms with van der Waals surface area (Å²) in [6, 6.07) is 0.404. The van der Waals surface area contributed by atoms with Gasteiger partial charge >= 0.3 is 0 Å². The Morgan fingerprint density at radius 3 is 2.83 bits per heavy atom. The number of hydrogen-bond donors (Lipinski definition) is 1. The predicted octanol–water partition coefficient (Wildman–Crippen LogP) is 1.49. The van der Waals surface area contributed by atoms with Gasteiger partial charge in [-0.05, 0) is 13.3 Å². The molecule has 0 aromatic rings. The molecular weight excluding hydrogens is 194 g/mol. The zero-order chi connectivity index (χ0) is 9.40. The number of halogens is 1. The molecule has 2 nitrogen and oxygen atoms in total. The minimum Gasteiger partial charge on any atom is -0.311 e. The van der Waals surface area contributed by atoms with Crippen LogP contribution >= 0.6 is 11.6 Å². The summed E-state index contributed by atoms with van der Waals surface area (Å²) in [5, 5.41) is 3.23. The van der Waals surface area contributed by atoms with E-state index in [0.29, 0.717) is 6.04 Å². The van der Waals surface area contributed by atoms with E-state index in [1.165, 1.54) is 5.54 Å². The summed E-state index contributed by atoms with van der Waals surface area (Å²) < 4.78 is 10.7. The van der Waals surface area contributed by atoms with Crippen molar-refractivity contribution < 1.29 is 4.21 Å². The molecule has 0 rings (SSSR count). The van der Waals surface area contributed by atoms with E-state index in [1.54, 1.807) is 6.26 Å². The third-order valence-corrected chi connectivity index (χ3v) is 2.50. The zero-order valence-electron chi connectivity index (χ0n) is 7.55. The Bertz CT molecular complexity index is 161. The molecular formula is C8H16ClNOS. The summed E-state index contributed by atoms with van der Waals surface area (Å²) in [5.74, 6) is 0.763. The lowest BCUT2D eigenvalue weighted by atomic mass is 10.2. The minimum absolute atomic E-state index is 0.404. The average Bonchev–Trinajstić information content (AvgIpc) is 2.01. The van der Waals surface area contributed by atoms with Gasteiger partial charge in [0.15, 0.2) is 0 Å². The molecule has 0 aliphatic heterocycles. The molecule has 0 aliphatic carbocycles. The molecule has 0 spiro atoms. The topological polar surface area (TPSA) is 29.1 Å². The van der Waals surface area contributed by atoms with Crippen LogP contribution in [0.15, 0.2) is 11.6 Å². The monoisotopic (exact) mass is 209 g/mol. The molecule has 72 valence electrons. The van der Waals surface area contributed by atoms with E-state index < -0.39 is 10.8 Å². The van der Waals surface area contributed by atoms with E-state index >= 15 is 0 Å².